The Balaban J connectivity index is 1.76. The molecule has 0 spiro atoms. The van der Waals surface area contributed by atoms with E-state index in [2.05, 4.69) is 9.71 Å². The SMILES string of the molecule is O=c1[nH]c2cc(NS(=O)(=O)c3ccc4ccccc4c3)ccc2c(=O)n1O. The second-order valence-electron chi connectivity index (χ2n) is 5.92. The first-order valence-electron chi connectivity index (χ1n) is 7.85. The lowest BCUT2D eigenvalue weighted by Crippen LogP contribution is -2.33. The Morgan fingerprint density at radius 3 is 2.44 bits per heavy atom. The Morgan fingerprint density at radius 1 is 0.926 bits per heavy atom. The molecule has 8 nitrogen and oxygen atoms in total. The Morgan fingerprint density at radius 2 is 1.67 bits per heavy atom. The van der Waals surface area contributed by atoms with Gasteiger partial charge in [-0.2, -0.15) is 0 Å². The number of hydrogen-bond acceptors (Lipinski definition) is 5. The second-order valence-corrected chi connectivity index (χ2v) is 7.60. The Hall–Kier alpha value is -3.59. The highest BCUT2D eigenvalue weighted by atomic mass is 32.2. The Bertz CT molecular complexity index is 1420. The predicted molar refractivity (Wildman–Crippen MR) is 101 cm³/mol. The molecule has 3 aromatic carbocycles. The average Bonchev–Trinajstić information content (AvgIpc) is 2.65. The van der Waals surface area contributed by atoms with Gasteiger partial charge in [0.25, 0.3) is 15.6 Å². The first kappa shape index (κ1) is 16.9. The van der Waals surface area contributed by atoms with Gasteiger partial charge >= 0.3 is 5.69 Å². The lowest BCUT2D eigenvalue weighted by atomic mass is 10.1. The van der Waals surface area contributed by atoms with Gasteiger partial charge in [0.15, 0.2) is 0 Å². The van der Waals surface area contributed by atoms with Crippen LogP contribution in [0, 0.1) is 0 Å². The number of aromatic nitrogens is 2. The normalized spacial score (nSPS) is 11.7. The molecule has 4 aromatic rings. The zero-order valence-corrected chi connectivity index (χ0v) is 14.5. The third kappa shape index (κ3) is 2.93. The summed E-state index contributed by atoms with van der Waals surface area (Å²) in [4.78, 5) is 25.8. The minimum absolute atomic E-state index is 0.0404. The van der Waals surface area contributed by atoms with Gasteiger partial charge in [-0.3, -0.25) is 9.52 Å². The molecule has 0 amide bonds. The molecule has 1 aromatic heterocycles. The van der Waals surface area contributed by atoms with Gasteiger partial charge < -0.3 is 10.2 Å². The maximum Gasteiger partial charge on any atom is 0.362 e. The molecule has 0 aliphatic carbocycles. The lowest BCUT2D eigenvalue weighted by Gasteiger charge is -2.10. The lowest BCUT2D eigenvalue weighted by molar-refractivity contribution is 0.162. The van der Waals surface area contributed by atoms with Gasteiger partial charge in [-0.05, 0) is 41.1 Å². The summed E-state index contributed by atoms with van der Waals surface area (Å²) >= 11 is 0. The molecular weight excluding hydrogens is 370 g/mol. The van der Waals surface area contributed by atoms with Crippen LogP contribution in [0.2, 0.25) is 0 Å². The second kappa shape index (κ2) is 5.99. The van der Waals surface area contributed by atoms with E-state index in [1.54, 1.807) is 12.1 Å². The molecule has 1 heterocycles. The maximum atomic E-state index is 12.7. The van der Waals surface area contributed by atoms with Crippen LogP contribution in [0.3, 0.4) is 0 Å². The van der Waals surface area contributed by atoms with Crippen molar-refractivity contribution in [1.82, 2.24) is 9.71 Å². The number of nitrogens with zero attached hydrogens (tertiary/aromatic N) is 1. The molecule has 9 heteroatoms. The van der Waals surface area contributed by atoms with Crippen molar-refractivity contribution >= 4 is 37.4 Å². The van der Waals surface area contributed by atoms with E-state index in [-0.39, 0.29) is 26.2 Å². The smallest absolute Gasteiger partial charge is 0.362 e. The van der Waals surface area contributed by atoms with Gasteiger partial charge in [0.05, 0.1) is 21.5 Å². The third-order valence-electron chi connectivity index (χ3n) is 4.16. The van der Waals surface area contributed by atoms with Gasteiger partial charge in [0.2, 0.25) is 0 Å². The number of fused-ring (bicyclic) bond motifs is 2. The number of nitrogens with one attached hydrogen (secondary N) is 2. The fraction of sp³-hybridized carbons (Fsp3) is 0. The first-order chi connectivity index (χ1) is 12.8. The molecule has 0 saturated carbocycles. The van der Waals surface area contributed by atoms with Crippen LogP contribution in [-0.4, -0.2) is 23.3 Å². The quantitative estimate of drug-likeness (QED) is 0.467. The van der Waals surface area contributed by atoms with Crippen molar-refractivity contribution in [3.8, 4) is 0 Å². The average molecular weight is 383 g/mol. The minimum Gasteiger partial charge on any atom is -0.421 e. The zero-order chi connectivity index (χ0) is 19.2. The van der Waals surface area contributed by atoms with Crippen molar-refractivity contribution in [2.75, 3.05) is 4.72 Å². The van der Waals surface area contributed by atoms with Crippen molar-refractivity contribution in [3.63, 3.8) is 0 Å². The van der Waals surface area contributed by atoms with E-state index in [4.69, 9.17) is 0 Å². The molecule has 0 bridgehead atoms. The molecule has 0 saturated heterocycles. The van der Waals surface area contributed by atoms with Crippen molar-refractivity contribution < 1.29 is 13.6 Å². The number of sulfonamides is 1. The number of hydrogen-bond donors (Lipinski definition) is 3. The van der Waals surface area contributed by atoms with Gasteiger partial charge in [-0.15, -0.1) is 0 Å². The molecule has 0 aliphatic heterocycles. The summed E-state index contributed by atoms with van der Waals surface area (Å²) < 4.78 is 27.7. The molecular formula is C18H13N3O5S. The summed E-state index contributed by atoms with van der Waals surface area (Å²) in [6.07, 6.45) is 0. The van der Waals surface area contributed by atoms with Crippen molar-refractivity contribution in [3.05, 3.63) is 81.5 Å². The molecule has 3 N–H and O–H groups in total. The highest BCUT2D eigenvalue weighted by Crippen LogP contribution is 2.22. The van der Waals surface area contributed by atoms with Crippen molar-refractivity contribution in [1.29, 1.82) is 0 Å². The Labute approximate surface area is 152 Å². The monoisotopic (exact) mass is 383 g/mol. The minimum atomic E-state index is -3.88. The van der Waals surface area contributed by atoms with E-state index in [0.717, 1.165) is 10.8 Å². The van der Waals surface area contributed by atoms with Crippen LogP contribution in [0.15, 0.2) is 75.1 Å². The van der Waals surface area contributed by atoms with Gasteiger partial charge in [0.1, 0.15) is 0 Å². The first-order valence-corrected chi connectivity index (χ1v) is 9.33. The summed E-state index contributed by atoms with van der Waals surface area (Å²) in [5.41, 5.74) is -1.63. The molecule has 4 rings (SSSR count). The number of H-pyrrole nitrogens is 1. The fourth-order valence-electron chi connectivity index (χ4n) is 2.82. The van der Waals surface area contributed by atoms with Crippen LogP contribution < -0.4 is 16.0 Å². The van der Waals surface area contributed by atoms with E-state index in [1.807, 2.05) is 24.3 Å². The molecule has 0 aliphatic rings. The summed E-state index contributed by atoms with van der Waals surface area (Å²) in [6.45, 7) is 0. The number of anilines is 1. The predicted octanol–water partition coefficient (Wildman–Crippen LogP) is 1.88. The van der Waals surface area contributed by atoms with Crippen LogP contribution in [0.1, 0.15) is 0 Å². The van der Waals surface area contributed by atoms with E-state index in [0.29, 0.717) is 0 Å². The molecule has 136 valence electrons. The standard InChI is InChI=1S/C18H13N3O5S/c22-17-15-8-6-13(10-16(15)19-18(23)21(17)24)20-27(25,26)14-7-5-11-3-1-2-4-12(11)9-14/h1-10,20,24H,(H,19,23). The largest absolute Gasteiger partial charge is 0.421 e. The van der Waals surface area contributed by atoms with Gasteiger partial charge in [0, 0.05) is 0 Å². The van der Waals surface area contributed by atoms with E-state index >= 15 is 0 Å². The number of benzene rings is 3. The summed E-state index contributed by atoms with van der Waals surface area (Å²) in [5, 5.41) is 11.1. The zero-order valence-electron chi connectivity index (χ0n) is 13.7. The van der Waals surface area contributed by atoms with E-state index in [9.17, 15) is 23.2 Å². The van der Waals surface area contributed by atoms with Crippen molar-refractivity contribution in [2.45, 2.75) is 4.90 Å². The molecule has 0 unspecified atom stereocenters. The molecule has 27 heavy (non-hydrogen) atoms. The van der Waals surface area contributed by atoms with Gasteiger partial charge in [-0.1, -0.05) is 35.1 Å². The summed E-state index contributed by atoms with van der Waals surface area (Å²) in [7, 11) is -3.88. The molecule has 0 radical (unpaired) electrons. The maximum absolute atomic E-state index is 12.7. The van der Waals surface area contributed by atoms with E-state index in [1.165, 1.54) is 24.3 Å². The Kier molecular flexibility index (Phi) is 3.74. The fourth-order valence-corrected chi connectivity index (χ4v) is 3.91. The number of aromatic amines is 1. The topological polar surface area (TPSA) is 121 Å². The van der Waals surface area contributed by atoms with Gasteiger partial charge in [-0.25, -0.2) is 13.2 Å². The summed E-state index contributed by atoms with van der Waals surface area (Å²) in [5.74, 6) is 0. The van der Waals surface area contributed by atoms with Crippen LogP contribution >= 0.6 is 0 Å². The van der Waals surface area contributed by atoms with Crippen LogP contribution in [0.5, 0.6) is 0 Å². The van der Waals surface area contributed by atoms with E-state index < -0.39 is 21.3 Å². The van der Waals surface area contributed by atoms with Crippen LogP contribution in [-0.2, 0) is 10.0 Å². The highest BCUT2D eigenvalue weighted by Gasteiger charge is 2.16. The summed E-state index contributed by atoms with van der Waals surface area (Å²) in [6, 6.07) is 16.2. The third-order valence-corrected chi connectivity index (χ3v) is 5.54. The molecule has 0 fully saturated rings. The molecule has 0 atom stereocenters. The van der Waals surface area contributed by atoms with Crippen LogP contribution in [0.25, 0.3) is 21.7 Å². The van der Waals surface area contributed by atoms with Crippen molar-refractivity contribution in [2.24, 2.45) is 0 Å². The van der Waals surface area contributed by atoms with Crippen LogP contribution in [0.4, 0.5) is 5.69 Å². The number of rotatable bonds is 3. The highest BCUT2D eigenvalue weighted by molar-refractivity contribution is 7.92.